The Balaban J connectivity index is 2.18. The summed E-state index contributed by atoms with van der Waals surface area (Å²) in [5, 5.41) is 0. The Bertz CT molecular complexity index is 731. The number of hydrogen-bond acceptors (Lipinski definition) is 0. The minimum Gasteiger partial charge on any atom is -0.121 e. The topological polar surface area (TPSA) is 0 Å². The third-order valence-electron chi connectivity index (χ3n) is 4.51. The van der Waals surface area contributed by atoms with Crippen LogP contribution in [-0.2, 0) is 0 Å². The average molecular weight is 286 g/mol. The maximum atomic E-state index is 3.20. The molecule has 0 saturated heterocycles. The SMILES string of the molecule is CC1(C)C2=C(/C=C\C/C=C\C=C/C2)C2=C/C=C/C=C=C\C=C\21. The Kier molecular flexibility index (Phi) is 4.13. The summed E-state index contributed by atoms with van der Waals surface area (Å²) < 4.78 is 0. The van der Waals surface area contributed by atoms with Gasteiger partial charge in [-0.1, -0.05) is 68.5 Å². The van der Waals surface area contributed by atoms with Crippen LogP contribution in [0.4, 0.5) is 0 Å². The summed E-state index contributed by atoms with van der Waals surface area (Å²) in [5.74, 6) is 0. The molecule has 0 unspecified atom stereocenters. The maximum absolute atomic E-state index is 3.20. The molecule has 110 valence electrons. The van der Waals surface area contributed by atoms with E-state index >= 15 is 0 Å². The van der Waals surface area contributed by atoms with Gasteiger partial charge in [-0.15, -0.1) is 5.73 Å². The van der Waals surface area contributed by atoms with Crippen LogP contribution < -0.4 is 0 Å². The van der Waals surface area contributed by atoms with Crippen molar-refractivity contribution in [2.24, 2.45) is 5.41 Å². The molecule has 3 aliphatic rings. The lowest BCUT2D eigenvalue weighted by Gasteiger charge is -2.24. The van der Waals surface area contributed by atoms with Crippen molar-refractivity contribution in [1.82, 2.24) is 0 Å². The van der Waals surface area contributed by atoms with E-state index in [-0.39, 0.29) is 5.41 Å². The minimum atomic E-state index is 0.0507. The fourth-order valence-corrected chi connectivity index (χ4v) is 3.31. The van der Waals surface area contributed by atoms with E-state index in [2.05, 4.69) is 74.3 Å². The summed E-state index contributed by atoms with van der Waals surface area (Å²) in [7, 11) is 0. The molecular weight excluding hydrogens is 264 g/mol. The standard InChI is InChI=1S/C22H22/c1-22(2)20-16-12-8-4-3-6-10-14-18(20)19-15-11-7-5-9-13-17-21(19)22/h3-5,7-8,10-15,17H,6,16H2,1-2H3/b4-3-,11-7+,12-8-,14-10-,19-15-,21-17-. The molecule has 22 heavy (non-hydrogen) atoms. The van der Waals surface area contributed by atoms with E-state index in [1.807, 2.05) is 18.2 Å². The third-order valence-corrected chi connectivity index (χ3v) is 4.51. The second-order valence-corrected chi connectivity index (χ2v) is 6.26. The molecular formula is C22H22. The van der Waals surface area contributed by atoms with Gasteiger partial charge in [-0.2, -0.15) is 0 Å². The minimum absolute atomic E-state index is 0.0507. The van der Waals surface area contributed by atoms with Gasteiger partial charge >= 0.3 is 0 Å². The average Bonchev–Trinajstić information content (AvgIpc) is 2.78. The Hall–Kier alpha value is -2.30. The Morgan fingerprint density at radius 1 is 0.909 bits per heavy atom. The number of hydrogen-bond donors (Lipinski definition) is 0. The quantitative estimate of drug-likeness (QED) is 0.485. The van der Waals surface area contributed by atoms with Crippen LogP contribution in [0.2, 0.25) is 0 Å². The summed E-state index contributed by atoms with van der Waals surface area (Å²) in [6.45, 7) is 4.66. The van der Waals surface area contributed by atoms with Gasteiger partial charge in [0.1, 0.15) is 0 Å². The molecule has 0 atom stereocenters. The van der Waals surface area contributed by atoms with Crippen LogP contribution >= 0.6 is 0 Å². The second-order valence-electron chi connectivity index (χ2n) is 6.26. The molecule has 0 heterocycles. The van der Waals surface area contributed by atoms with Gasteiger partial charge < -0.3 is 0 Å². The predicted octanol–water partition coefficient (Wildman–Crippen LogP) is 5.92. The molecule has 0 aromatic heterocycles. The van der Waals surface area contributed by atoms with Crippen molar-refractivity contribution in [3.05, 3.63) is 101 Å². The molecule has 0 fully saturated rings. The van der Waals surface area contributed by atoms with Crippen LogP contribution in [-0.4, -0.2) is 0 Å². The first kappa shape index (κ1) is 14.6. The van der Waals surface area contributed by atoms with Crippen molar-refractivity contribution in [2.45, 2.75) is 26.7 Å². The normalized spacial score (nSPS) is 33.0. The van der Waals surface area contributed by atoms with Gasteiger partial charge in [0.2, 0.25) is 0 Å². The first-order valence-electron chi connectivity index (χ1n) is 7.94. The van der Waals surface area contributed by atoms with Crippen LogP contribution in [0.25, 0.3) is 0 Å². The molecule has 0 radical (unpaired) electrons. The Morgan fingerprint density at radius 3 is 2.68 bits per heavy atom. The highest BCUT2D eigenvalue weighted by molar-refractivity contribution is 5.67. The van der Waals surface area contributed by atoms with E-state index < -0.39 is 0 Å². The number of rotatable bonds is 0. The highest BCUT2D eigenvalue weighted by Gasteiger charge is 2.38. The molecule has 0 saturated carbocycles. The zero-order valence-corrected chi connectivity index (χ0v) is 13.3. The first-order valence-corrected chi connectivity index (χ1v) is 7.94. The number of fused-ring (bicyclic) bond motifs is 2. The van der Waals surface area contributed by atoms with Gasteiger partial charge in [0.05, 0.1) is 0 Å². The van der Waals surface area contributed by atoms with E-state index in [1.165, 1.54) is 22.3 Å². The van der Waals surface area contributed by atoms with Crippen molar-refractivity contribution in [1.29, 1.82) is 0 Å². The van der Waals surface area contributed by atoms with E-state index in [1.54, 1.807) is 0 Å². The van der Waals surface area contributed by atoms with Crippen LogP contribution in [0.3, 0.4) is 0 Å². The summed E-state index contributed by atoms with van der Waals surface area (Å²) in [6.07, 6.45) is 27.9. The predicted molar refractivity (Wildman–Crippen MR) is 95.4 cm³/mol. The van der Waals surface area contributed by atoms with Gasteiger partial charge in [0, 0.05) is 5.41 Å². The molecule has 0 amide bonds. The van der Waals surface area contributed by atoms with E-state index in [9.17, 15) is 0 Å². The van der Waals surface area contributed by atoms with Gasteiger partial charge in [-0.3, -0.25) is 0 Å². The van der Waals surface area contributed by atoms with Crippen molar-refractivity contribution in [3.63, 3.8) is 0 Å². The molecule has 0 bridgehead atoms. The van der Waals surface area contributed by atoms with Gasteiger partial charge in [-0.25, -0.2) is 0 Å². The van der Waals surface area contributed by atoms with Gasteiger partial charge in [0.15, 0.2) is 0 Å². The molecule has 0 aromatic rings. The molecule has 3 aliphatic carbocycles. The molecule has 0 N–H and O–H groups in total. The van der Waals surface area contributed by atoms with Crippen molar-refractivity contribution in [3.8, 4) is 0 Å². The highest BCUT2D eigenvalue weighted by Crippen LogP contribution is 2.52. The van der Waals surface area contributed by atoms with Gasteiger partial charge in [-0.05, 0) is 53.4 Å². The zero-order valence-electron chi connectivity index (χ0n) is 13.3. The van der Waals surface area contributed by atoms with Crippen LogP contribution in [0.15, 0.2) is 101 Å². The fraction of sp³-hybridized carbons (Fsp3) is 0.227. The fourth-order valence-electron chi connectivity index (χ4n) is 3.31. The molecule has 0 heteroatoms. The molecule has 0 spiro atoms. The lowest BCUT2D eigenvalue weighted by molar-refractivity contribution is 0.553. The zero-order chi connectivity index (χ0) is 15.4. The van der Waals surface area contributed by atoms with Crippen LogP contribution in [0, 0.1) is 5.41 Å². The van der Waals surface area contributed by atoms with Crippen molar-refractivity contribution >= 4 is 0 Å². The van der Waals surface area contributed by atoms with Crippen molar-refractivity contribution in [2.75, 3.05) is 0 Å². The van der Waals surface area contributed by atoms with E-state index in [0.717, 1.165) is 12.8 Å². The lowest BCUT2D eigenvalue weighted by Crippen LogP contribution is -2.13. The third kappa shape index (κ3) is 2.71. The molecule has 3 rings (SSSR count). The summed E-state index contributed by atoms with van der Waals surface area (Å²) in [6, 6.07) is 0. The summed E-state index contributed by atoms with van der Waals surface area (Å²) >= 11 is 0. The summed E-state index contributed by atoms with van der Waals surface area (Å²) in [4.78, 5) is 0. The maximum Gasteiger partial charge on any atom is 0.0124 e. The number of allylic oxidation sites excluding steroid dienone is 15. The van der Waals surface area contributed by atoms with Crippen molar-refractivity contribution < 1.29 is 0 Å². The molecule has 0 nitrogen and oxygen atoms in total. The van der Waals surface area contributed by atoms with Crippen LogP contribution in [0.1, 0.15) is 26.7 Å². The first-order chi connectivity index (χ1) is 10.7. The van der Waals surface area contributed by atoms with Crippen LogP contribution in [0.5, 0.6) is 0 Å². The Labute approximate surface area is 133 Å². The van der Waals surface area contributed by atoms with E-state index in [0.29, 0.717) is 0 Å². The van der Waals surface area contributed by atoms with Gasteiger partial charge in [0.25, 0.3) is 0 Å². The second kappa shape index (κ2) is 6.22. The largest absolute Gasteiger partial charge is 0.121 e. The smallest absolute Gasteiger partial charge is 0.0124 e. The van der Waals surface area contributed by atoms with E-state index in [4.69, 9.17) is 0 Å². The monoisotopic (exact) mass is 286 g/mol. The highest BCUT2D eigenvalue weighted by atomic mass is 14.4. The molecule has 0 aliphatic heterocycles. The Morgan fingerprint density at radius 2 is 1.77 bits per heavy atom. The molecule has 0 aromatic carbocycles. The summed E-state index contributed by atoms with van der Waals surface area (Å²) in [5.41, 5.74) is 8.86. The lowest BCUT2D eigenvalue weighted by atomic mass is 9.79.